The first-order valence-electron chi connectivity index (χ1n) is 4.67. The van der Waals surface area contributed by atoms with Gasteiger partial charge in [-0.3, -0.25) is 4.99 Å². The summed E-state index contributed by atoms with van der Waals surface area (Å²) in [5, 5.41) is 8.52. The van der Waals surface area contributed by atoms with Crippen LogP contribution in [0.15, 0.2) is 28.4 Å². The maximum Gasteiger partial charge on any atom is 0.412 e. The smallest absolute Gasteiger partial charge is 0.320 e. The van der Waals surface area contributed by atoms with Crippen molar-refractivity contribution in [3.63, 3.8) is 0 Å². The zero-order chi connectivity index (χ0) is 11.8. The van der Waals surface area contributed by atoms with Gasteiger partial charge in [-0.05, 0) is 6.08 Å². The molecule has 0 saturated heterocycles. The summed E-state index contributed by atoms with van der Waals surface area (Å²) in [6, 6.07) is 1.44. The zero-order valence-corrected chi connectivity index (χ0v) is 8.20. The Kier molecular flexibility index (Phi) is 2.46. The van der Waals surface area contributed by atoms with Crippen molar-refractivity contribution < 1.29 is 13.2 Å². The van der Waals surface area contributed by atoms with Crippen LogP contribution in [0.25, 0.3) is 0 Å². The lowest BCUT2D eigenvalue weighted by atomic mass is 9.98. The fourth-order valence-corrected chi connectivity index (χ4v) is 1.74. The van der Waals surface area contributed by atoms with E-state index in [4.69, 9.17) is 5.26 Å². The summed E-state index contributed by atoms with van der Waals surface area (Å²) in [5.41, 5.74) is 0.0896. The summed E-state index contributed by atoms with van der Waals surface area (Å²) in [5.74, 6) is 0. The van der Waals surface area contributed by atoms with Crippen LogP contribution in [-0.4, -0.2) is 30.0 Å². The predicted molar refractivity (Wildman–Crippen MR) is 51.4 cm³/mol. The Morgan fingerprint density at radius 2 is 2.25 bits per heavy atom. The molecule has 0 aromatic heterocycles. The van der Waals surface area contributed by atoms with Crippen LogP contribution < -0.4 is 0 Å². The molecule has 6 heteroatoms. The lowest BCUT2D eigenvalue weighted by molar-refractivity contribution is -0.0945. The second-order valence-corrected chi connectivity index (χ2v) is 3.55. The quantitative estimate of drug-likeness (QED) is 0.643. The molecule has 1 aliphatic carbocycles. The van der Waals surface area contributed by atoms with Crippen molar-refractivity contribution in [2.75, 3.05) is 6.54 Å². The van der Waals surface area contributed by atoms with Crippen molar-refractivity contribution in [2.45, 2.75) is 18.6 Å². The number of hydrogen-bond donors (Lipinski definition) is 0. The Balaban J connectivity index is 2.22. The number of allylic oxidation sites excluding steroid dienone is 2. The lowest BCUT2D eigenvalue weighted by Gasteiger charge is -2.22. The lowest BCUT2D eigenvalue weighted by Crippen LogP contribution is -2.26. The number of hydrogen-bond acceptors (Lipinski definition) is 3. The molecule has 1 atom stereocenters. The highest BCUT2D eigenvalue weighted by Crippen LogP contribution is 2.36. The Hall–Kier alpha value is -1.77. The van der Waals surface area contributed by atoms with Crippen LogP contribution in [0.4, 0.5) is 13.2 Å². The molecule has 2 aliphatic rings. The van der Waals surface area contributed by atoms with Gasteiger partial charge >= 0.3 is 6.18 Å². The van der Waals surface area contributed by atoms with Gasteiger partial charge in [0.25, 0.3) is 0 Å². The largest absolute Gasteiger partial charge is 0.412 e. The molecule has 0 aromatic carbocycles. The Morgan fingerprint density at radius 3 is 2.88 bits per heavy atom. The number of halogens is 3. The van der Waals surface area contributed by atoms with Gasteiger partial charge < -0.3 is 4.90 Å². The third-order valence-corrected chi connectivity index (χ3v) is 2.53. The minimum atomic E-state index is -4.29. The molecular weight excluding hydrogens is 219 g/mol. The molecule has 0 amide bonds. The van der Waals surface area contributed by atoms with Gasteiger partial charge in [-0.15, -0.1) is 0 Å². The molecule has 1 unspecified atom stereocenters. The third-order valence-electron chi connectivity index (χ3n) is 2.53. The van der Waals surface area contributed by atoms with Crippen LogP contribution in [0.2, 0.25) is 0 Å². The molecular formula is C10H8F3N3. The number of nitriles is 1. The Labute approximate surface area is 90.2 Å². The highest BCUT2D eigenvalue weighted by atomic mass is 19.4. The van der Waals surface area contributed by atoms with Gasteiger partial charge in [0.15, 0.2) is 0 Å². The Morgan fingerprint density at radius 1 is 1.50 bits per heavy atom. The van der Waals surface area contributed by atoms with Crippen molar-refractivity contribution in [2.24, 2.45) is 4.99 Å². The van der Waals surface area contributed by atoms with E-state index in [-0.39, 0.29) is 13.0 Å². The number of nitrogens with zero attached hydrogens (tertiary/aromatic N) is 3. The number of fused-ring (bicyclic) bond motifs is 1. The van der Waals surface area contributed by atoms with E-state index >= 15 is 0 Å². The molecule has 0 aromatic rings. The molecule has 3 nitrogen and oxygen atoms in total. The van der Waals surface area contributed by atoms with Gasteiger partial charge in [-0.2, -0.15) is 18.4 Å². The summed E-state index contributed by atoms with van der Waals surface area (Å²) in [7, 11) is 0. The normalized spacial score (nSPS) is 23.6. The molecule has 2 rings (SSSR count). The number of rotatable bonds is 1. The van der Waals surface area contributed by atoms with Crippen LogP contribution in [0, 0.1) is 11.3 Å². The van der Waals surface area contributed by atoms with Crippen LogP contribution in [0.3, 0.4) is 0 Å². The highest BCUT2D eigenvalue weighted by Gasteiger charge is 2.38. The van der Waals surface area contributed by atoms with E-state index in [1.807, 2.05) is 6.07 Å². The number of alkyl halides is 3. The first-order valence-corrected chi connectivity index (χ1v) is 4.67. The van der Waals surface area contributed by atoms with E-state index in [0.717, 1.165) is 6.08 Å². The average molecular weight is 227 g/mol. The molecule has 1 heterocycles. The molecule has 0 bridgehead atoms. The van der Waals surface area contributed by atoms with Crippen molar-refractivity contribution >= 4 is 6.34 Å². The molecule has 16 heavy (non-hydrogen) atoms. The average Bonchev–Trinajstić information content (AvgIpc) is 2.60. The molecule has 1 aliphatic heterocycles. The van der Waals surface area contributed by atoms with Crippen LogP contribution in [0.1, 0.15) is 6.42 Å². The second kappa shape index (κ2) is 3.67. The molecule has 84 valence electrons. The van der Waals surface area contributed by atoms with Gasteiger partial charge in [0.1, 0.15) is 6.54 Å². The molecule has 0 N–H and O–H groups in total. The summed E-state index contributed by atoms with van der Waals surface area (Å²) < 4.78 is 37.3. The van der Waals surface area contributed by atoms with Crippen LogP contribution >= 0.6 is 0 Å². The minimum Gasteiger partial charge on any atom is -0.320 e. The van der Waals surface area contributed by atoms with Gasteiger partial charge in [-0.25, -0.2) is 0 Å². The fraction of sp³-hybridized carbons (Fsp3) is 0.400. The van der Waals surface area contributed by atoms with Crippen LogP contribution in [0.5, 0.6) is 0 Å². The van der Waals surface area contributed by atoms with E-state index < -0.39 is 17.8 Å². The Bertz CT molecular complexity index is 426. The second-order valence-electron chi connectivity index (χ2n) is 3.55. The standard InChI is InChI=1S/C10H8F3N3/c11-10(12,13)7-1-2-9-8(5-7)15-6-16(9)4-3-14/h1-2,6,8H,4-5H2. The summed E-state index contributed by atoms with van der Waals surface area (Å²) in [6.45, 7) is 0.112. The molecule has 0 fully saturated rings. The predicted octanol–water partition coefficient (Wildman–Crippen LogP) is 2.00. The third kappa shape index (κ3) is 1.81. The van der Waals surface area contributed by atoms with E-state index in [1.165, 1.54) is 12.4 Å². The topological polar surface area (TPSA) is 39.4 Å². The highest BCUT2D eigenvalue weighted by molar-refractivity contribution is 5.65. The van der Waals surface area contributed by atoms with Crippen LogP contribution in [-0.2, 0) is 0 Å². The van der Waals surface area contributed by atoms with Crippen molar-refractivity contribution in [1.29, 1.82) is 5.26 Å². The first kappa shape index (κ1) is 10.7. The molecule has 0 spiro atoms. The van der Waals surface area contributed by atoms with E-state index in [1.54, 1.807) is 4.90 Å². The number of aliphatic imine (C=N–C) groups is 1. The van der Waals surface area contributed by atoms with E-state index in [2.05, 4.69) is 4.99 Å². The van der Waals surface area contributed by atoms with Gasteiger partial charge in [0.05, 0.1) is 18.4 Å². The molecule has 0 saturated carbocycles. The van der Waals surface area contributed by atoms with Gasteiger partial charge in [0.2, 0.25) is 0 Å². The van der Waals surface area contributed by atoms with Crippen molar-refractivity contribution in [3.8, 4) is 6.07 Å². The molecule has 0 radical (unpaired) electrons. The maximum absolute atomic E-state index is 12.4. The maximum atomic E-state index is 12.4. The summed E-state index contributed by atoms with van der Waals surface area (Å²) >= 11 is 0. The van der Waals surface area contributed by atoms with E-state index in [0.29, 0.717) is 5.70 Å². The fourth-order valence-electron chi connectivity index (χ4n) is 1.74. The zero-order valence-electron chi connectivity index (χ0n) is 8.20. The van der Waals surface area contributed by atoms with E-state index in [9.17, 15) is 13.2 Å². The van der Waals surface area contributed by atoms with Gasteiger partial charge in [0, 0.05) is 17.7 Å². The first-order chi connectivity index (χ1) is 7.52. The van der Waals surface area contributed by atoms with Crippen molar-refractivity contribution in [3.05, 3.63) is 23.4 Å². The summed E-state index contributed by atoms with van der Waals surface area (Å²) in [4.78, 5) is 5.53. The van der Waals surface area contributed by atoms with Crippen molar-refractivity contribution in [1.82, 2.24) is 4.90 Å². The minimum absolute atomic E-state index is 0.112. The van der Waals surface area contributed by atoms with Gasteiger partial charge in [-0.1, -0.05) is 6.08 Å². The SMILES string of the molecule is N#CCN1C=NC2CC(C(F)(F)F)=CC=C21. The summed E-state index contributed by atoms with van der Waals surface area (Å²) in [6.07, 6.45) is -0.562. The monoisotopic (exact) mass is 227 g/mol.